The Kier molecular flexibility index (Phi) is 5.94. The van der Waals surface area contributed by atoms with E-state index in [2.05, 4.69) is 36.2 Å². The summed E-state index contributed by atoms with van der Waals surface area (Å²) >= 11 is 0. The highest BCUT2D eigenvalue weighted by Gasteiger charge is 2.22. The lowest BCUT2D eigenvalue weighted by Crippen LogP contribution is -2.45. The maximum atomic E-state index is 11.6. The summed E-state index contributed by atoms with van der Waals surface area (Å²) in [5.41, 5.74) is 7.97. The van der Waals surface area contributed by atoms with Gasteiger partial charge in [0, 0.05) is 26.2 Å². The summed E-state index contributed by atoms with van der Waals surface area (Å²) < 4.78 is 5.78. The van der Waals surface area contributed by atoms with Gasteiger partial charge in [-0.3, -0.25) is 9.69 Å². The Hall–Kier alpha value is -1.43. The summed E-state index contributed by atoms with van der Waals surface area (Å²) in [6, 6.07) is 7.75. The van der Waals surface area contributed by atoms with Gasteiger partial charge in [0.15, 0.2) is 0 Å². The standard InChI is InChI=1S/C17H27N3O2/c1-12-9-20(10-13(2)22-12)11-16-7-5-4-6-15(16)8-19-17(21)14(3)18/h4-7,12-14H,8-11,18H2,1-3H3,(H,19,21)/t12-,13-,14+/m0/s1. The van der Waals surface area contributed by atoms with Gasteiger partial charge in [-0.1, -0.05) is 24.3 Å². The highest BCUT2D eigenvalue weighted by Crippen LogP contribution is 2.17. The third kappa shape index (κ3) is 4.80. The number of morpholine rings is 1. The Morgan fingerprint density at radius 1 is 1.32 bits per heavy atom. The molecule has 1 amide bonds. The minimum Gasteiger partial charge on any atom is -0.373 e. The Morgan fingerprint density at radius 2 is 1.91 bits per heavy atom. The van der Waals surface area contributed by atoms with E-state index >= 15 is 0 Å². The highest BCUT2D eigenvalue weighted by atomic mass is 16.5. The predicted octanol–water partition coefficient (Wildman–Crippen LogP) is 1.26. The van der Waals surface area contributed by atoms with E-state index < -0.39 is 6.04 Å². The average molecular weight is 305 g/mol. The third-order valence-electron chi connectivity index (χ3n) is 3.87. The van der Waals surface area contributed by atoms with Gasteiger partial charge >= 0.3 is 0 Å². The fourth-order valence-electron chi connectivity index (χ4n) is 2.88. The van der Waals surface area contributed by atoms with Gasteiger partial charge in [0.1, 0.15) is 0 Å². The fraction of sp³-hybridized carbons (Fsp3) is 0.588. The van der Waals surface area contributed by atoms with Crippen LogP contribution < -0.4 is 11.1 Å². The molecule has 22 heavy (non-hydrogen) atoms. The van der Waals surface area contributed by atoms with Crippen molar-refractivity contribution in [3.8, 4) is 0 Å². The van der Waals surface area contributed by atoms with E-state index in [1.807, 2.05) is 12.1 Å². The van der Waals surface area contributed by atoms with E-state index in [1.54, 1.807) is 6.92 Å². The number of hydrogen-bond donors (Lipinski definition) is 2. The van der Waals surface area contributed by atoms with E-state index in [0.717, 1.165) is 25.2 Å². The number of benzene rings is 1. The molecule has 3 atom stereocenters. The summed E-state index contributed by atoms with van der Waals surface area (Å²) in [4.78, 5) is 14.0. The first kappa shape index (κ1) is 16.9. The summed E-state index contributed by atoms with van der Waals surface area (Å²) in [7, 11) is 0. The van der Waals surface area contributed by atoms with Crippen LogP contribution in [0, 0.1) is 0 Å². The van der Waals surface area contributed by atoms with Crippen molar-refractivity contribution in [2.24, 2.45) is 5.73 Å². The molecule has 3 N–H and O–H groups in total. The number of carbonyl (C=O) groups excluding carboxylic acids is 1. The monoisotopic (exact) mass is 305 g/mol. The van der Waals surface area contributed by atoms with Gasteiger partial charge in [-0.2, -0.15) is 0 Å². The van der Waals surface area contributed by atoms with Crippen molar-refractivity contribution < 1.29 is 9.53 Å². The van der Waals surface area contributed by atoms with Crippen LogP contribution in [0.2, 0.25) is 0 Å². The van der Waals surface area contributed by atoms with E-state index in [1.165, 1.54) is 5.56 Å². The number of nitrogens with two attached hydrogens (primary N) is 1. The smallest absolute Gasteiger partial charge is 0.236 e. The molecule has 0 unspecified atom stereocenters. The van der Waals surface area contributed by atoms with Crippen LogP contribution in [0.4, 0.5) is 0 Å². The molecule has 1 saturated heterocycles. The maximum Gasteiger partial charge on any atom is 0.236 e. The van der Waals surface area contributed by atoms with Crippen LogP contribution in [-0.2, 0) is 22.6 Å². The van der Waals surface area contributed by atoms with Crippen LogP contribution in [0.3, 0.4) is 0 Å². The molecule has 0 bridgehead atoms. The van der Waals surface area contributed by atoms with Gasteiger partial charge in [0.05, 0.1) is 18.2 Å². The second kappa shape index (κ2) is 7.72. The van der Waals surface area contributed by atoms with Crippen molar-refractivity contribution >= 4 is 5.91 Å². The van der Waals surface area contributed by atoms with Crippen LogP contribution in [0.25, 0.3) is 0 Å². The summed E-state index contributed by atoms with van der Waals surface area (Å²) in [6.07, 6.45) is 0.516. The Balaban J connectivity index is 2.00. The van der Waals surface area contributed by atoms with Crippen molar-refractivity contribution in [3.63, 3.8) is 0 Å². The van der Waals surface area contributed by atoms with Crippen molar-refractivity contribution in [2.45, 2.75) is 52.1 Å². The number of hydrogen-bond acceptors (Lipinski definition) is 4. The number of nitrogens with zero attached hydrogens (tertiary/aromatic N) is 1. The van der Waals surface area contributed by atoms with Gasteiger partial charge in [-0.15, -0.1) is 0 Å². The summed E-state index contributed by atoms with van der Waals surface area (Å²) in [5, 5.41) is 2.89. The molecule has 1 heterocycles. The van der Waals surface area contributed by atoms with Crippen molar-refractivity contribution in [1.82, 2.24) is 10.2 Å². The molecule has 0 radical (unpaired) electrons. The Bertz CT molecular complexity index is 494. The number of amides is 1. The van der Waals surface area contributed by atoms with Crippen LogP contribution in [0.5, 0.6) is 0 Å². The van der Waals surface area contributed by atoms with Crippen molar-refractivity contribution in [3.05, 3.63) is 35.4 Å². The zero-order valence-electron chi connectivity index (χ0n) is 13.7. The van der Waals surface area contributed by atoms with Gasteiger partial charge in [0.25, 0.3) is 0 Å². The zero-order chi connectivity index (χ0) is 16.1. The lowest BCUT2D eigenvalue weighted by atomic mass is 10.1. The van der Waals surface area contributed by atoms with Crippen LogP contribution in [0.1, 0.15) is 31.9 Å². The first-order chi connectivity index (χ1) is 10.5. The molecule has 1 aromatic carbocycles. The molecule has 2 rings (SSSR count). The molecular weight excluding hydrogens is 278 g/mol. The number of ether oxygens (including phenoxy) is 1. The lowest BCUT2D eigenvalue weighted by molar-refractivity contribution is -0.122. The summed E-state index contributed by atoms with van der Waals surface area (Å²) in [5.74, 6) is -0.122. The minimum absolute atomic E-state index is 0.122. The molecule has 1 aliphatic heterocycles. The van der Waals surface area contributed by atoms with Crippen molar-refractivity contribution in [1.29, 1.82) is 0 Å². The molecule has 122 valence electrons. The normalized spacial score (nSPS) is 24.0. The van der Waals surface area contributed by atoms with Crippen molar-refractivity contribution in [2.75, 3.05) is 13.1 Å². The van der Waals surface area contributed by atoms with Gasteiger partial charge in [-0.25, -0.2) is 0 Å². The van der Waals surface area contributed by atoms with Gasteiger partial charge in [0.2, 0.25) is 5.91 Å². The van der Waals surface area contributed by atoms with Gasteiger partial charge in [-0.05, 0) is 31.9 Å². The molecule has 0 spiro atoms. The molecule has 0 aliphatic carbocycles. The minimum atomic E-state index is -0.479. The molecule has 0 saturated carbocycles. The largest absolute Gasteiger partial charge is 0.373 e. The fourth-order valence-corrected chi connectivity index (χ4v) is 2.88. The molecule has 1 aromatic rings. The number of rotatable bonds is 5. The topological polar surface area (TPSA) is 67.6 Å². The quantitative estimate of drug-likeness (QED) is 0.859. The van der Waals surface area contributed by atoms with E-state index in [9.17, 15) is 4.79 Å². The van der Waals surface area contributed by atoms with E-state index in [-0.39, 0.29) is 18.1 Å². The first-order valence-electron chi connectivity index (χ1n) is 7.93. The van der Waals surface area contributed by atoms with Crippen LogP contribution >= 0.6 is 0 Å². The predicted molar refractivity (Wildman–Crippen MR) is 87.2 cm³/mol. The molecule has 1 fully saturated rings. The zero-order valence-corrected chi connectivity index (χ0v) is 13.7. The second-order valence-electron chi connectivity index (χ2n) is 6.23. The summed E-state index contributed by atoms with van der Waals surface area (Å²) in [6.45, 7) is 9.18. The van der Waals surface area contributed by atoms with Gasteiger partial charge < -0.3 is 15.8 Å². The highest BCUT2D eigenvalue weighted by molar-refractivity contribution is 5.80. The number of nitrogens with one attached hydrogen (secondary N) is 1. The lowest BCUT2D eigenvalue weighted by Gasteiger charge is -2.35. The first-order valence-corrected chi connectivity index (χ1v) is 7.93. The van der Waals surface area contributed by atoms with Crippen LogP contribution in [-0.4, -0.2) is 42.1 Å². The molecular formula is C17H27N3O2. The molecule has 5 nitrogen and oxygen atoms in total. The maximum absolute atomic E-state index is 11.6. The second-order valence-corrected chi connectivity index (χ2v) is 6.23. The van der Waals surface area contributed by atoms with Crippen LogP contribution in [0.15, 0.2) is 24.3 Å². The van der Waals surface area contributed by atoms with E-state index in [4.69, 9.17) is 10.5 Å². The Labute approximate surface area is 132 Å². The molecule has 1 aliphatic rings. The molecule has 5 heteroatoms. The Morgan fingerprint density at radius 3 is 2.50 bits per heavy atom. The molecule has 0 aromatic heterocycles. The van der Waals surface area contributed by atoms with E-state index in [0.29, 0.717) is 6.54 Å². The number of carbonyl (C=O) groups is 1. The third-order valence-corrected chi connectivity index (χ3v) is 3.87. The average Bonchev–Trinajstić information content (AvgIpc) is 2.44. The SMILES string of the molecule is C[C@H]1CN(Cc2ccccc2CNC(=O)[C@@H](C)N)C[C@H](C)O1.